The Labute approximate surface area is 190 Å². The number of fused-ring (bicyclic) bond motifs is 3. The second kappa shape index (κ2) is 7.58. The molecule has 1 saturated carbocycles. The number of carbonyl (C=O) groups excluding carboxylic acids is 1. The van der Waals surface area contributed by atoms with E-state index in [0.717, 1.165) is 31.0 Å². The number of nitrogens with zero attached hydrogens (tertiary/aromatic N) is 2. The van der Waals surface area contributed by atoms with Crippen LogP contribution in [0, 0.1) is 16.7 Å². The molecule has 4 aliphatic rings. The summed E-state index contributed by atoms with van der Waals surface area (Å²) in [7, 11) is 0. The van der Waals surface area contributed by atoms with E-state index >= 15 is 0 Å². The SMILES string of the molecule is CC1(C)C(c2ccc(C(=O)O)cc2)=CC[C@]2(C)CN(C(=O)CN3C[C@@H]4CC[C@H]3C4)CC=C12. The summed E-state index contributed by atoms with van der Waals surface area (Å²) in [4.78, 5) is 28.9. The van der Waals surface area contributed by atoms with E-state index in [9.17, 15) is 14.7 Å². The summed E-state index contributed by atoms with van der Waals surface area (Å²) < 4.78 is 0. The number of likely N-dealkylation sites (tertiary alicyclic amines) is 1. The monoisotopic (exact) mass is 434 g/mol. The van der Waals surface area contributed by atoms with E-state index in [1.807, 2.05) is 12.1 Å². The highest BCUT2D eigenvalue weighted by atomic mass is 16.4. The van der Waals surface area contributed by atoms with Gasteiger partial charge in [-0.2, -0.15) is 0 Å². The van der Waals surface area contributed by atoms with Crippen LogP contribution in [0.2, 0.25) is 0 Å². The lowest BCUT2D eigenvalue weighted by molar-refractivity contribution is -0.134. The summed E-state index contributed by atoms with van der Waals surface area (Å²) in [5.41, 5.74) is 3.79. The molecule has 2 aliphatic carbocycles. The topological polar surface area (TPSA) is 60.9 Å². The van der Waals surface area contributed by atoms with Gasteiger partial charge in [-0.15, -0.1) is 0 Å². The van der Waals surface area contributed by atoms with Gasteiger partial charge in [0.1, 0.15) is 0 Å². The summed E-state index contributed by atoms with van der Waals surface area (Å²) in [6, 6.07) is 7.83. The zero-order chi connectivity index (χ0) is 22.7. The second-order valence-electron chi connectivity index (χ2n) is 11.0. The zero-order valence-electron chi connectivity index (χ0n) is 19.4. The van der Waals surface area contributed by atoms with Crippen LogP contribution in [-0.2, 0) is 4.79 Å². The van der Waals surface area contributed by atoms with Crippen molar-refractivity contribution in [2.24, 2.45) is 16.7 Å². The van der Waals surface area contributed by atoms with E-state index < -0.39 is 5.97 Å². The first-order valence-electron chi connectivity index (χ1n) is 11.9. The van der Waals surface area contributed by atoms with E-state index in [1.165, 1.54) is 30.4 Å². The van der Waals surface area contributed by atoms with Crippen molar-refractivity contribution in [1.29, 1.82) is 0 Å². The van der Waals surface area contributed by atoms with Crippen LogP contribution in [0.15, 0.2) is 42.0 Å². The lowest BCUT2D eigenvalue weighted by Gasteiger charge is -2.50. The molecule has 2 fully saturated rings. The van der Waals surface area contributed by atoms with Crippen LogP contribution in [0.3, 0.4) is 0 Å². The molecule has 2 bridgehead atoms. The maximum atomic E-state index is 13.2. The molecule has 1 aromatic carbocycles. The fraction of sp³-hybridized carbons (Fsp3) is 0.556. The normalized spacial score (nSPS) is 31.2. The number of aromatic carboxylic acids is 1. The van der Waals surface area contributed by atoms with Crippen molar-refractivity contribution in [3.8, 4) is 0 Å². The Hall–Kier alpha value is -2.40. The lowest BCUT2D eigenvalue weighted by atomic mass is 9.58. The first-order chi connectivity index (χ1) is 15.2. The van der Waals surface area contributed by atoms with Crippen LogP contribution in [0.5, 0.6) is 0 Å². The number of piperidine rings is 1. The summed E-state index contributed by atoms with van der Waals surface area (Å²) in [5.74, 6) is 0.180. The molecule has 3 atom stereocenters. The van der Waals surface area contributed by atoms with Crippen LogP contribution in [0.4, 0.5) is 0 Å². The molecule has 1 aromatic rings. The number of carbonyl (C=O) groups is 2. The Morgan fingerprint density at radius 1 is 1.09 bits per heavy atom. The molecule has 0 radical (unpaired) electrons. The molecule has 1 amide bonds. The third-order valence-electron chi connectivity index (χ3n) is 8.47. The summed E-state index contributed by atoms with van der Waals surface area (Å²) >= 11 is 0. The highest BCUT2D eigenvalue weighted by molar-refractivity contribution is 5.88. The van der Waals surface area contributed by atoms with Gasteiger partial charge in [0, 0.05) is 36.5 Å². The van der Waals surface area contributed by atoms with E-state index in [4.69, 9.17) is 0 Å². The van der Waals surface area contributed by atoms with Crippen LogP contribution in [0.1, 0.15) is 62.4 Å². The highest BCUT2D eigenvalue weighted by Gasteiger charge is 2.47. The van der Waals surface area contributed by atoms with Crippen molar-refractivity contribution >= 4 is 17.4 Å². The standard InChI is InChI=1S/C27H34N2O3/c1-26(2)22(19-5-7-20(8-6-19)25(31)32)10-12-27(3)17-28(13-11-23(26)27)24(30)16-29-15-18-4-9-21(29)14-18/h5-8,10-11,18,21H,4,9,12-17H2,1-3H3,(H,31,32)/t18-,21+,27-/m1/s1. The Morgan fingerprint density at radius 2 is 1.84 bits per heavy atom. The summed E-state index contributed by atoms with van der Waals surface area (Å²) in [6.45, 7) is 9.92. The first-order valence-corrected chi connectivity index (χ1v) is 11.9. The number of carboxylic acid groups (broad SMARTS) is 1. The first kappa shape index (κ1) is 21.4. The minimum Gasteiger partial charge on any atom is -0.478 e. The average Bonchev–Trinajstić information content (AvgIpc) is 3.36. The van der Waals surface area contributed by atoms with Crippen LogP contribution in [0.25, 0.3) is 5.57 Å². The van der Waals surface area contributed by atoms with Crippen molar-refractivity contribution in [3.05, 3.63) is 53.1 Å². The molecule has 5 nitrogen and oxygen atoms in total. The Bertz CT molecular complexity index is 1010. The van der Waals surface area contributed by atoms with Gasteiger partial charge >= 0.3 is 5.97 Å². The van der Waals surface area contributed by atoms with E-state index in [-0.39, 0.29) is 16.7 Å². The van der Waals surface area contributed by atoms with Gasteiger partial charge in [-0.1, -0.05) is 50.6 Å². The number of benzene rings is 1. The Balaban J connectivity index is 1.33. The van der Waals surface area contributed by atoms with E-state index in [0.29, 0.717) is 24.7 Å². The van der Waals surface area contributed by atoms with Crippen molar-refractivity contribution in [3.63, 3.8) is 0 Å². The number of carboxylic acids is 1. The number of hydrogen-bond donors (Lipinski definition) is 1. The molecule has 5 rings (SSSR count). The average molecular weight is 435 g/mol. The molecular weight excluding hydrogens is 400 g/mol. The molecule has 0 spiro atoms. The smallest absolute Gasteiger partial charge is 0.335 e. The van der Waals surface area contributed by atoms with Crippen molar-refractivity contribution in [2.75, 3.05) is 26.2 Å². The molecule has 1 N–H and O–H groups in total. The van der Waals surface area contributed by atoms with Gasteiger partial charge in [0.15, 0.2) is 0 Å². The maximum absolute atomic E-state index is 13.2. The molecule has 170 valence electrons. The lowest BCUT2D eigenvalue weighted by Crippen LogP contribution is -2.51. The molecule has 32 heavy (non-hydrogen) atoms. The van der Waals surface area contributed by atoms with Gasteiger partial charge in [0.2, 0.25) is 5.91 Å². The number of hydrogen-bond acceptors (Lipinski definition) is 3. The minimum atomic E-state index is -0.900. The van der Waals surface area contributed by atoms with Crippen LogP contribution < -0.4 is 0 Å². The molecule has 0 aromatic heterocycles. The maximum Gasteiger partial charge on any atom is 0.335 e. The molecule has 2 aliphatic heterocycles. The molecule has 5 heteroatoms. The zero-order valence-corrected chi connectivity index (χ0v) is 19.4. The highest BCUT2D eigenvalue weighted by Crippen LogP contribution is 2.55. The van der Waals surface area contributed by atoms with Gasteiger partial charge < -0.3 is 10.0 Å². The largest absolute Gasteiger partial charge is 0.478 e. The number of rotatable bonds is 4. The fourth-order valence-electron chi connectivity index (χ4n) is 6.89. The molecule has 1 saturated heterocycles. The van der Waals surface area contributed by atoms with Gasteiger partial charge in [-0.05, 0) is 54.9 Å². The van der Waals surface area contributed by atoms with Crippen molar-refractivity contribution in [1.82, 2.24) is 9.80 Å². The van der Waals surface area contributed by atoms with Gasteiger partial charge in [0.25, 0.3) is 0 Å². The minimum absolute atomic E-state index is 0.0636. The van der Waals surface area contributed by atoms with Crippen molar-refractivity contribution in [2.45, 2.75) is 52.5 Å². The fourth-order valence-corrected chi connectivity index (χ4v) is 6.89. The predicted octanol–water partition coefficient (Wildman–Crippen LogP) is 4.46. The second-order valence-corrected chi connectivity index (χ2v) is 11.0. The van der Waals surface area contributed by atoms with E-state index in [2.05, 4.69) is 42.7 Å². The molecule has 2 heterocycles. The van der Waals surface area contributed by atoms with E-state index in [1.54, 1.807) is 12.1 Å². The third kappa shape index (κ3) is 3.51. The summed E-state index contributed by atoms with van der Waals surface area (Å²) in [5, 5.41) is 9.21. The quantitative estimate of drug-likeness (QED) is 0.711. The number of amides is 1. The van der Waals surface area contributed by atoms with Gasteiger partial charge in [-0.25, -0.2) is 4.79 Å². The molecular formula is C27H34N2O3. The summed E-state index contributed by atoms with van der Waals surface area (Å²) in [6.07, 6.45) is 9.36. The molecule has 0 unspecified atom stereocenters. The Morgan fingerprint density at radius 3 is 2.47 bits per heavy atom. The van der Waals surface area contributed by atoms with Crippen LogP contribution >= 0.6 is 0 Å². The van der Waals surface area contributed by atoms with Crippen molar-refractivity contribution < 1.29 is 14.7 Å². The third-order valence-corrected chi connectivity index (χ3v) is 8.47. The number of allylic oxidation sites excluding steroid dienone is 2. The Kier molecular flexibility index (Phi) is 5.08. The van der Waals surface area contributed by atoms with Crippen LogP contribution in [-0.4, -0.2) is 59.0 Å². The predicted molar refractivity (Wildman–Crippen MR) is 125 cm³/mol. The van der Waals surface area contributed by atoms with Gasteiger partial charge in [0.05, 0.1) is 12.1 Å². The van der Waals surface area contributed by atoms with Gasteiger partial charge in [-0.3, -0.25) is 9.69 Å².